The smallest absolute Gasteiger partial charge is 0.310 e. The van der Waals surface area contributed by atoms with Crippen LogP contribution in [0.4, 0.5) is 0 Å². The number of nitrogens with zero attached hydrogens (tertiary/aromatic N) is 1. The molecule has 2 rings (SSSR count). The van der Waals surface area contributed by atoms with E-state index in [1.54, 1.807) is 0 Å². The lowest BCUT2D eigenvalue weighted by atomic mass is 10.2. The van der Waals surface area contributed by atoms with Crippen LogP contribution in [-0.4, -0.2) is 70.1 Å². The van der Waals surface area contributed by atoms with Gasteiger partial charge in [-0.1, -0.05) is 0 Å². The number of nitrogens with one attached hydrogen (secondary N) is 1. The molecule has 0 spiro atoms. The molecule has 0 radical (unpaired) electrons. The minimum Gasteiger partial charge on any atom is -0.434 e. The van der Waals surface area contributed by atoms with E-state index in [9.17, 15) is 24.3 Å². The third-order valence-corrected chi connectivity index (χ3v) is 4.58. The summed E-state index contributed by atoms with van der Waals surface area (Å²) in [5.41, 5.74) is 5.26. The van der Waals surface area contributed by atoms with Crippen LogP contribution >= 0.6 is 11.8 Å². The molecule has 122 valence electrons. The van der Waals surface area contributed by atoms with Crippen molar-refractivity contribution in [1.82, 2.24) is 10.2 Å². The first-order valence-corrected chi connectivity index (χ1v) is 7.77. The topological polar surface area (TPSA) is 139 Å². The van der Waals surface area contributed by atoms with E-state index in [1.165, 1.54) is 16.7 Å². The summed E-state index contributed by atoms with van der Waals surface area (Å²) in [5.74, 6) is -1.45. The molecule has 2 heterocycles. The molecule has 0 aromatic rings. The van der Waals surface area contributed by atoms with E-state index in [0.717, 1.165) is 0 Å². The zero-order valence-electron chi connectivity index (χ0n) is 11.7. The minimum atomic E-state index is -1.38. The molecule has 9 nitrogen and oxygen atoms in total. The van der Waals surface area contributed by atoms with Gasteiger partial charge >= 0.3 is 5.97 Å². The number of ether oxygens (including phenoxy) is 1. The van der Waals surface area contributed by atoms with Gasteiger partial charge in [0.1, 0.15) is 11.3 Å². The normalized spacial score (nSPS) is 29.0. The van der Waals surface area contributed by atoms with Crippen LogP contribution < -0.4 is 11.1 Å². The van der Waals surface area contributed by atoms with Crippen LogP contribution in [0, 0.1) is 0 Å². The van der Waals surface area contributed by atoms with Crippen LogP contribution in [-0.2, 0) is 23.9 Å². The van der Waals surface area contributed by atoms with Crippen molar-refractivity contribution >= 4 is 35.5 Å². The molecule has 0 bridgehead atoms. The highest BCUT2D eigenvalue weighted by Crippen LogP contribution is 2.19. The number of carbonyl (C=O) groups excluding carboxylic acids is 4. The number of aliphatic hydroxyl groups is 1. The Morgan fingerprint density at radius 3 is 2.77 bits per heavy atom. The summed E-state index contributed by atoms with van der Waals surface area (Å²) in [6.07, 6.45) is -1.29. The van der Waals surface area contributed by atoms with Gasteiger partial charge in [-0.05, 0) is 0 Å². The molecule has 3 amide bonds. The third kappa shape index (κ3) is 4.10. The first-order valence-electron chi connectivity index (χ1n) is 6.72. The predicted molar refractivity (Wildman–Crippen MR) is 75.3 cm³/mol. The van der Waals surface area contributed by atoms with Crippen molar-refractivity contribution < 1.29 is 29.0 Å². The highest BCUT2D eigenvalue weighted by atomic mass is 32.2. The molecular formula is C12H17N3O6S. The number of rotatable bonds is 4. The van der Waals surface area contributed by atoms with Gasteiger partial charge in [-0.15, -0.1) is 11.8 Å². The van der Waals surface area contributed by atoms with Gasteiger partial charge in [0.05, 0.1) is 13.0 Å². The third-order valence-electron chi connectivity index (χ3n) is 3.36. The van der Waals surface area contributed by atoms with Gasteiger partial charge in [0, 0.05) is 18.7 Å². The average Bonchev–Trinajstić information content (AvgIpc) is 2.62. The molecule has 0 aromatic heterocycles. The summed E-state index contributed by atoms with van der Waals surface area (Å²) >= 11 is 1.29. The Hall–Kier alpha value is -1.81. The Kier molecular flexibility index (Phi) is 5.24. The van der Waals surface area contributed by atoms with Gasteiger partial charge in [-0.2, -0.15) is 0 Å². The summed E-state index contributed by atoms with van der Waals surface area (Å²) in [6.45, 7) is -0.199. The van der Waals surface area contributed by atoms with Crippen LogP contribution in [0.15, 0.2) is 0 Å². The summed E-state index contributed by atoms with van der Waals surface area (Å²) < 4.78 is 4.51. The average molecular weight is 331 g/mol. The van der Waals surface area contributed by atoms with Crippen molar-refractivity contribution in [2.24, 2.45) is 5.73 Å². The minimum absolute atomic E-state index is 0.0644. The van der Waals surface area contributed by atoms with Crippen molar-refractivity contribution in [2.75, 3.05) is 18.8 Å². The summed E-state index contributed by atoms with van der Waals surface area (Å²) in [5, 5.41) is 11.3. The van der Waals surface area contributed by atoms with E-state index in [2.05, 4.69) is 10.1 Å². The van der Waals surface area contributed by atoms with Gasteiger partial charge in [0.2, 0.25) is 24.0 Å². The highest BCUT2D eigenvalue weighted by molar-refractivity contribution is 8.00. The number of primary amides is 1. The van der Waals surface area contributed by atoms with Crippen molar-refractivity contribution in [3.8, 4) is 0 Å². The Morgan fingerprint density at radius 1 is 1.45 bits per heavy atom. The van der Waals surface area contributed by atoms with Crippen LogP contribution in [0.3, 0.4) is 0 Å². The maximum absolute atomic E-state index is 11.9. The van der Waals surface area contributed by atoms with Gasteiger partial charge in [0.15, 0.2) is 0 Å². The monoisotopic (exact) mass is 331 g/mol. The van der Waals surface area contributed by atoms with Gasteiger partial charge in [-0.25, -0.2) is 0 Å². The largest absolute Gasteiger partial charge is 0.434 e. The molecule has 2 aliphatic heterocycles. The highest BCUT2D eigenvalue weighted by Gasteiger charge is 2.35. The van der Waals surface area contributed by atoms with Gasteiger partial charge in [0.25, 0.3) is 0 Å². The maximum Gasteiger partial charge on any atom is 0.310 e. The fraction of sp³-hybridized carbons (Fsp3) is 0.667. The first-order chi connectivity index (χ1) is 10.4. The first kappa shape index (κ1) is 16.6. The summed E-state index contributed by atoms with van der Waals surface area (Å²) in [7, 11) is 0. The Morgan fingerprint density at radius 2 is 2.18 bits per heavy atom. The molecule has 2 fully saturated rings. The van der Waals surface area contributed by atoms with Crippen molar-refractivity contribution in [3.63, 3.8) is 0 Å². The fourth-order valence-electron chi connectivity index (χ4n) is 2.22. The van der Waals surface area contributed by atoms with Crippen molar-refractivity contribution in [2.45, 2.75) is 30.4 Å². The van der Waals surface area contributed by atoms with E-state index >= 15 is 0 Å². The van der Waals surface area contributed by atoms with Crippen LogP contribution in [0.5, 0.6) is 0 Å². The molecule has 22 heavy (non-hydrogen) atoms. The molecule has 10 heteroatoms. The van der Waals surface area contributed by atoms with Crippen molar-refractivity contribution in [1.29, 1.82) is 0 Å². The molecule has 0 saturated carbocycles. The van der Waals surface area contributed by atoms with E-state index in [1.807, 2.05) is 0 Å². The molecule has 0 aliphatic carbocycles. The van der Waals surface area contributed by atoms with Gasteiger partial charge in [-0.3, -0.25) is 19.2 Å². The second-order valence-corrected chi connectivity index (χ2v) is 6.36. The number of hydrogen-bond donors (Lipinski definition) is 3. The number of esters is 1. The molecule has 2 saturated heterocycles. The molecule has 4 N–H and O–H groups in total. The Labute approximate surface area is 130 Å². The van der Waals surface area contributed by atoms with Crippen LogP contribution in [0.25, 0.3) is 0 Å². The predicted octanol–water partition coefficient (Wildman–Crippen LogP) is -2.44. The number of amides is 3. The number of aliphatic hydroxyl groups excluding tert-OH is 1. The van der Waals surface area contributed by atoms with E-state index in [4.69, 9.17) is 5.73 Å². The molecule has 0 aromatic carbocycles. The SMILES string of the molecule is NC(=O)C1CN(CC(=O)NC2CC(=O)OC2O)C(=O)CCS1. The lowest BCUT2D eigenvalue weighted by Gasteiger charge is -2.23. The maximum atomic E-state index is 11.9. The standard InChI is InChI=1S/C12H17N3O6S/c13-11(19)7-4-15(9(17)1-2-22-7)5-8(16)14-6-3-10(18)21-12(6)20/h6-7,12,20H,1-5H2,(H2,13,19)(H,14,16). The van der Waals surface area contributed by atoms with E-state index in [0.29, 0.717) is 5.75 Å². The number of thioether (sulfide) groups is 1. The number of nitrogens with two attached hydrogens (primary N) is 1. The molecule has 3 atom stereocenters. The number of cyclic esters (lactones) is 1. The lowest BCUT2D eigenvalue weighted by Crippen LogP contribution is -2.48. The second-order valence-electron chi connectivity index (χ2n) is 5.04. The molecule has 2 aliphatic rings. The molecule has 3 unspecified atom stereocenters. The van der Waals surface area contributed by atoms with E-state index in [-0.39, 0.29) is 31.8 Å². The quantitative estimate of drug-likeness (QED) is 0.486. The van der Waals surface area contributed by atoms with Crippen LogP contribution in [0.1, 0.15) is 12.8 Å². The second kappa shape index (κ2) is 6.97. The fourth-order valence-corrected chi connectivity index (χ4v) is 3.25. The van der Waals surface area contributed by atoms with Gasteiger partial charge < -0.3 is 25.8 Å². The van der Waals surface area contributed by atoms with Crippen LogP contribution in [0.2, 0.25) is 0 Å². The van der Waals surface area contributed by atoms with Crippen molar-refractivity contribution in [3.05, 3.63) is 0 Å². The number of hydrogen-bond acceptors (Lipinski definition) is 7. The zero-order chi connectivity index (χ0) is 16.3. The van der Waals surface area contributed by atoms with E-state index < -0.39 is 35.4 Å². The lowest BCUT2D eigenvalue weighted by molar-refractivity contribution is -0.155. The Bertz CT molecular complexity index is 499. The molecular weight excluding hydrogens is 314 g/mol. The zero-order valence-corrected chi connectivity index (χ0v) is 12.5. The summed E-state index contributed by atoms with van der Waals surface area (Å²) in [4.78, 5) is 47.4. The summed E-state index contributed by atoms with van der Waals surface area (Å²) in [6, 6.07) is -0.830. The number of carbonyl (C=O) groups is 4. The Balaban J connectivity index is 1.92.